The second-order valence-electron chi connectivity index (χ2n) is 5.25. The smallest absolute Gasteiger partial charge is 0.261 e. The molecule has 1 aromatic heterocycles. The molecule has 0 spiro atoms. The van der Waals surface area contributed by atoms with E-state index in [1.807, 2.05) is 24.3 Å². The van der Waals surface area contributed by atoms with Gasteiger partial charge in [-0.2, -0.15) is 0 Å². The molecule has 0 aliphatic carbocycles. The van der Waals surface area contributed by atoms with Gasteiger partial charge in [-0.3, -0.25) is 4.79 Å². The van der Waals surface area contributed by atoms with Crippen molar-refractivity contribution in [2.75, 3.05) is 13.1 Å². The molecule has 0 amide bonds. The number of fused-ring (bicyclic) bond motifs is 1. The van der Waals surface area contributed by atoms with Crippen molar-refractivity contribution in [1.82, 2.24) is 4.98 Å². The van der Waals surface area contributed by atoms with E-state index in [-0.39, 0.29) is 11.3 Å². The van der Waals surface area contributed by atoms with Crippen molar-refractivity contribution in [3.63, 3.8) is 0 Å². The van der Waals surface area contributed by atoms with Gasteiger partial charge in [0.05, 0.1) is 18.6 Å². The standard InChI is InChI=1S/C16H22N2O2/c1-3-9-18(10-4-2)11-13-15(19)12-7-5-6-8-14(12)17-16(13)20/h5-8H,3-4,9-11H2,1-2H3,(H2,17,19,20)/p+1. The quantitative estimate of drug-likeness (QED) is 0.747. The van der Waals surface area contributed by atoms with Crippen LogP contribution in [0.2, 0.25) is 0 Å². The highest BCUT2D eigenvalue weighted by atomic mass is 16.3. The number of hydrogen-bond acceptors (Lipinski definition) is 2. The number of aromatic nitrogens is 1. The number of aromatic hydroxyl groups is 1. The van der Waals surface area contributed by atoms with Gasteiger partial charge in [0.2, 0.25) is 0 Å². The van der Waals surface area contributed by atoms with E-state index < -0.39 is 0 Å². The highest BCUT2D eigenvalue weighted by molar-refractivity contribution is 5.85. The zero-order valence-corrected chi connectivity index (χ0v) is 12.2. The monoisotopic (exact) mass is 275 g/mol. The van der Waals surface area contributed by atoms with Crippen molar-refractivity contribution in [2.45, 2.75) is 33.2 Å². The maximum absolute atomic E-state index is 12.2. The van der Waals surface area contributed by atoms with Crippen LogP contribution in [-0.4, -0.2) is 23.2 Å². The Morgan fingerprint density at radius 3 is 2.45 bits per heavy atom. The SMILES string of the molecule is CCC[NH+](CCC)Cc1c(O)c2ccccc2[nH]c1=O. The number of nitrogens with one attached hydrogen (secondary N) is 2. The van der Waals surface area contributed by atoms with Gasteiger partial charge in [-0.25, -0.2) is 0 Å². The number of benzene rings is 1. The summed E-state index contributed by atoms with van der Waals surface area (Å²) >= 11 is 0. The molecule has 0 bridgehead atoms. The van der Waals surface area contributed by atoms with Crippen molar-refractivity contribution in [3.8, 4) is 5.75 Å². The molecule has 4 heteroatoms. The highest BCUT2D eigenvalue weighted by Gasteiger charge is 2.17. The second kappa shape index (κ2) is 6.57. The number of hydrogen-bond donors (Lipinski definition) is 3. The summed E-state index contributed by atoms with van der Waals surface area (Å²) < 4.78 is 0. The third-order valence-electron chi connectivity index (χ3n) is 3.62. The summed E-state index contributed by atoms with van der Waals surface area (Å²) in [7, 11) is 0. The summed E-state index contributed by atoms with van der Waals surface area (Å²) in [6.07, 6.45) is 2.14. The summed E-state index contributed by atoms with van der Waals surface area (Å²) in [5.74, 6) is 0.133. The average molecular weight is 275 g/mol. The zero-order chi connectivity index (χ0) is 14.5. The number of pyridine rings is 1. The van der Waals surface area contributed by atoms with Crippen molar-refractivity contribution in [2.24, 2.45) is 0 Å². The molecule has 2 rings (SSSR count). The Balaban J connectivity index is 2.40. The molecule has 1 heterocycles. The summed E-state index contributed by atoms with van der Waals surface area (Å²) in [6, 6.07) is 7.36. The second-order valence-corrected chi connectivity index (χ2v) is 5.25. The van der Waals surface area contributed by atoms with E-state index >= 15 is 0 Å². The number of quaternary nitrogens is 1. The highest BCUT2D eigenvalue weighted by Crippen LogP contribution is 2.23. The Morgan fingerprint density at radius 1 is 1.15 bits per heavy atom. The number of H-pyrrole nitrogens is 1. The topological polar surface area (TPSA) is 57.5 Å². The summed E-state index contributed by atoms with van der Waals surface area (Å²) in [5.41, 5.74) is 1.01. The third kappa shape index (κ3) is 3.02. The molecule has 0 saturated carbocycles. The van der Waals surface area contributed by atoms with Crippen LogP contribution < -0.4 is 10.5 Å². The van der Waals surface area contributed by atoms with E-state index in [1.54, 1.807) is 0 Å². The van der Waals surface area contributed by atoms with Crippen LogP contribution in [0.4, 0.5) is 0 Å². The molecular formula is C16H23N2O2+. The van der Waals surface area contributed by atoms with E-state index in [9.17, 15) is 9.90 Å². The lowest BCUT2D eigenvalue weighted by atomic mass is 10.1. The van der Waals surface area contributed by atoms with Gasteiger partial charge in [0.25, 0.3) is 5.56 Å². The van der Waals surface area contributed by atoms with Gasteiger partial charge in [0.1, 0.15) is 17.9 Å². The van der Waals surface area contributed by atoms with Gasteiger partial charge in [0.15, 0.2) is 0 Å². The average Bonchev–Trinajstić information content (AvgIpc) is 2.44. The van der Waals surface area contributed by atoms with Gasteiger partial charge < -0.3 is 15.0 Å². The molecule has 3 N–H and O–H groups in total. The fourth-order valence-corrected chi connectivity index (χ4v) is 2.69. The molecule has 108 valence electrons. The minimum atomic E-state index is -0.175. The first-order valence-corrected chi connectivity index (χ1v) is 7.33. The van der Waals surface area contributed by atoms with E-state index in [4.69, 9.17) is 0 Å². The Labute approximate surface area is 119 Å². The first kappa shape index (κ1) is 14.6. The molecule has 0 aliphatic rings. The molecule has 4 nitrogen and oxygen atoms in total. The van der Waals surface area contributed by atoms with E-state index in [0.717, 1.165) is 31.3 Å². The Hall–Kier alpha value is -1.81. The minimum absolute atomic E-state index is 0.133. The van der Waals surface area contributed by atoms with Crippen molar-refractivity contribution >= 4 is 10.9 Å². The molecule has 20 heavy (non-hydrogen) atoms. The van der Waals surface area contributed by atoms with Gasteiger partial charge in [-0.15, -0.1) is 0 Å². The predicted octanol–water partition coefficient (Wildman–Crippen LogP) is 1.44. The lowest BCUT2D eigenvalue weighted by molar-refractivity contribution is -0.914. The summed E-state index contributed by atoms with van der Waals surface area (Å²) in [6.45, 7) is 6.88. The number of rotatable bonds is 6. The van der Waals surface area contributed by atoms with E-state index in [0.29, 0.717) is 17.6 Å². The third-order valence-corrected chi connectivity index (χ3v) is 3.62. The van der Waals surface area contributed by atoms with Crippen LogP contribution in [0.3, 0.4) is 0 Å². The fraction of sp³-hybridized carbons (Fsp3) is 0.438. The van der Waals surface area contributed by atoms with Crippen LogP contribution in [0.25, 0.3) is 10.9 Å². The summed E-state index contributed by atoms with van der Waals surface area (Å²) in [5, 5.41) is 11.1. The lowest BCUT2D eigenvalue weighted by Gasteiger charge is -2.18. The largest absolute Gasteiger partial charge is 0.507 e. The molecule has 0 atom stereocenters. The maximum atomic E-state index is 12.2. The van der Waals surface area contributed by atoms with Crippen LogP contribution in [0.15, 0.2) is 29.1 Å². The van der Waals surface area contributed by atoms with Crippen LogP contribution in [0.5, 0.6) is 5.75 Å². The van der Waals surface area contributed by atoms with Crippen LogP contribution in [-0.2, 0) is 6.54 Å². The molecular weight excluding hydrogens is 252 g/mol. The first-order chi connectivity index (χ1) is 9.67. The first-order valence-electron chi connectivity index (χ1n) is 7.33. The van der Waals surface area contributed by atoms with Gasteiger partial charge in [-0.1, -0.05) is 26.0 Å². The fourth-order valence-electron chi connectivity index (χ4n) is 2.69. The zero-order valence-electron chi connectivity index (χ0n) is 12.2. The Bertz CT molecular complexity index is 628. The Kier molecular flexibility index (Phi) is 4.79. The molecule has 1 aromatic carbocycles. The molecule has 0 unspecified atom stereocenters. The van der Waals surface area contributed by atoms with E-state index in [1.165, 1.54) is 4.90 Å². The van der Waals surface area contributed by atoms with E-state index in [2.05, 4.69) is 18.8 Å². The van der Waals surface area contributed by atoms with Crippen LogP contribution >= 0.6 is 0 Å². The summed E-state index contributed by atoms with van der Waals surface area (Å²) in [4.78, 5) is 16.4. The maximum Gasteiger partial charge on any atom is 0.261 e. The molecule has 0 fully saturated rings. The van der Waals surface area contributed by atoms with Crippen molar-refractivity contribution in [1.29, 1.82) is 0 Å². The van der Waals surface area contributed by atoms with Crippen LogP contribution in [0.1, 0.15) is 32.3 Å². The lowest BCUT2D eigenvalue weighted by Crippen LogP contribution is -3.10. The number of aromatic amines is 1. The van der Waals surface area contributed by atoms with Crippen molar-refractivity contribution < 1.29 is 10.0 Å². The van der Waals surface area contributed by atoms with Crippen molar-refractivity contribution in [3.05, 3.63) is 40.2 Å². The van der Waals surface area contributed by atoms with Gasteiger partial charge in [0, 0.05) is 5.39 Å². The van der Waals surface area contributed by atoms with Gasteiger partial charge >= 0.3 is 0 Å². The van der Waals surface area contributed by atoms with Crippen LogP contribution in [0, 0.1) is 0 Å². The minimum Gasteiger partial charge on any atom is -0.507 e. The predicted molar refractivity (Wildman–Crippen MR) is 81.2 cm³/mol. The number of para-hydroxylation sites is 1. The molecule has 0 aliphatic heterocycles. The normalized spacial score (nSPS) is 11.3. The Morgan fingerprint density at radius 2 is 1.80 bits per heavy atom. The van der Waals surface area contributed by atoms with Gasteiger partial charge in [-0.05, 0) is 25.0 Å². The molecule has 2 aromatic rings. The molecule has 0 saturated heterocycles. The molecule has 0 radical (unpaired) electrons.